The van der Waals surface area contributed by atoms with Crippen molar-refractivity contribution in [3.63, 3.8) is 0 Å². The first-order chi connectivity index (χ1) is 16.5. The number of amides is 2. The van der Waals surface area contributed by atoms with Gasteiger partial charge in [-0.25, -0.2) is 4.79 Å². The molecule has 2 aromatic carbocycles. The minimum atomic E-state index is -4.79. The molecule has 0 saturated carbocycles. The van der Waals surface area contributed by atoms with Gasteiger partial charge in [-0.15, -0.1) is 0 Å². The molecule has 2 amide bonds. The van der Waals surface area contributed by atoms with E-state index >= 15 is 0 Å². The molecule has 10 heteroatoms. The first-order valence-electron chi connectivity index (χ1n) is 11.1. The van der Waals surface area contributed by atoms with Crippen molar-refractivity contribution in [2.24, 2.45) is 5.92 Å². The molecular formula is C25H27F3N2O5. The molecule has 0 radical (unpaired) electrons. The number of alkyl carbamates (subject to hydrolysis) is 1. The molecule has 0 aliphatic heterocycles. The van der Waals surface area contributed by atoms with Crippen molar-refractivity contribution in [2.45, 2.75) is 38.4 Å². The maximum absolute atomic E-state index is 12.9. The van der Waals surface area contributed by atoms with Gasteiger partial charge in [0.1, 0.15) is 25.7 Å². The highest BCUT2D eigenvalue weighted by Gasteiger charge is 2.37. The number of carbonyl (C=O) groups excluding carboxylic acids is 2. The van der Waals surface area contributed by atoms with Gasteiger partial charge in [-0.2, -0.15) is 13.2 Å². The molecule has 7 nitrogen and oxygen atoms in total. The number of benzene rings is 2. The number of alkyl halides is 3. The standard InChI is InChI=1S/C25H27F3N2O5/c1-15(2)11-21(23(33)30(12-22(31)32)14-25(26,27)28)29-24(34)35-13-20-18-9-5-3-7-16(18)17-8-4-6-10-19(17)20/h3-10,15,20-21H,11-14H2,1-2H3,(H,29,34)(H,31,32)/t21-/m1/s1. The van der Waals surface area contributed by atoms with Crippen LogP contribution in [0.4, 0.5) is 18.0 Å². The molecule has 1 aliphatic rings. The average Bonchev–Trinajstić information content (AvgIpc) is 3.08. The summed E-state index contributed by atoms with van der Waals surface area (Å²) in [6.45, 7) is 0.540. The highest BCUT2D eigenvalue weighted by Crippen LogP contribution is 2.44. The van der Waals surface area contributed by atoms with Gasteiger partial charge in [-0.05, 0) is 34.6 Å². The van der Waals surface area contributed by atoms with Gasteiger partial charge in [-0.3, -0.25) is 9.59 Å². The molecule has 0 spiro atoms. The number of hydrogen-bond acceptors (Lipinski definition) is 4. The van der Waals surface area contributed by atoms with Gasteiger partial charge in [0, 0.05) is 5.92 Å². The minimum absolute atomic E-state index is 0.0109. The number of ether oxygens (including phenoxy) is 1. The second kappa shape index (κ2) is 10.8. The fourth-order valence-electron chi connectivity index (χ4n) is 4.29. The van der Waals surface area contributed by atoms with Crippen LogP contribution in [0.5, 0.6) is 0 Å². The third-order valence-corrected chi connectivity index (χ3v) is 5.65. The molecule has 2 N–H and O–H groups in total. The Bertz CT molecular complexity index is 1040. The number of carbonyl (C=O) groups is 3. The predicted molar refractivity (Wildman–Crippen MR) is 122 cm³/mol. The summed E-state index contributed by atoms with van der Waals surface area (Å²) in [4.78, 5) is 36.6. The topological polar surface area (TPSA) is 95.9 Å². The summed E-state index contributed by atoms with van der Waals surface area (Å²) in [6.07, 6.45) is -5.75. The quantitative estimate of drug-likeness (QED) is 0.541. The van der Waals surface area contributed by atoms with Crippen LogP contribution in [0.15, 0.2) is 48.5 Å². The molecule has 2 aromatic rings. The summed E-state index contributed by atoms with van der Waals surface area (Å²) in [5.74, 6) is -3.13. The lowest BCUT2D eigenvalue weighted by molar-refractivity contribution is -0.166. The summed E-state index contributed by atoms with van der Waals surface area (Å²) in [5, 5.41) is 11.3. The summed E-state index contributed by atoms with van der Waals surface area (Å²) in [6, 6.07) is 14.1. The number of carboxylic acids is 1. The number of fused-ring (bicyclic) bond motifs is 3. The number of rotatable bonds is 9. The number of nitrogens with one attached hydrogen (secondary N) is 1. The van der Waals surface area contributed by atoms with E-state index in [1.807, 2.05) is 48.5 Å². The summed E-state index contributed by atoms with van der Waals surface area (Å²) < 4.78 is 44.2. The second-order valence-corrected chi connectivity index (χ2v) is 8.86. The molecule has 3 rings (SSSR count). The van der Waals surface area contributed by atoms with E-state index in [2.05, 4.69) is 5.32 Å². The maximum atomic E-state index is 12.9. The summed E-state index contributed by atoms with van der Waals surface area (Å²) in [7, 11) is 0. The first kappa shape index (κ1) is 26.1. The van der Waals surface area contributed by atoms with Gasteiger partial charge >= 0.3 is 18.2 Å². The van der Waals surface area contributed by atoms with E-state index in [0.717, 1.165) is 22.3 Å². The Kier molecular flexibility index (Phi) is 8.03. The zero-order chi connectivity index (χ0) is 25.8. The van der Waals surface area contributed by atoms with Crippen LogP contribution in [-0.4, -0.2) is 59.9 Å². The number of aliphatic carboxylic acids is 1. The number of hydrogen-bond donors (Lipinski definition) is 2. The molecular weight excluding hydrogens is 465 g/mol. The summed E-state index contributed by atoms with van der Waals surface area (Å²) in [5.41, 5.74) is 4.02. The van der Waals surface area contributed by atoms with Crippen LogP contribution in [-0.2, 0) is 14.3 Å². The monoisotopic (exact) mass is 492 g/mol. The molecule has 0 unspecified atom stereocenters. The van der Waals surface area contributed by atoms with Gasteiger partial charge in [0.15, 0.2) is 0 Å². The van der Waals surface area contributed by atoms with Crippen molar-refractivity contribution >= 4 is 18.0 Å². The molecule has 35 heavy (non-hydrogen) atoms. The van der Waals surface area contributed by atoms with Gasteiger partial charge in [0.05, 0.1) is 0 Å². The third kappa shape index (κ3) is 6.74. The Balaban J connectivity index is 1.72. The van der Waals surface area contributed by atoms with Crippen molar-refractivity contribution in [3.8, 4) is 11.1 Å². The van der Waals surface area contributed by atoms with Crippen LogP contribution < -0.4 is 5.32 Å². The Morgan fingerprint density at radius 3 is 2.06 bits per heavy atom. The van der Waals surface area contributed by atoms with Crippen LogP contribution in [0, 0.1) is 5.92 Å². The lowest BCUT2D eigenvalue weighted by Crippen LogP contribution is -2.52. The van der Waals surface area contributed by atoms with Crippen molar-refractivity contribution in [3.05, 3.63) is 59.7 Å². The Labute approximate surface area is 200 Å². The van der Waals surface area contributed by atoms with E-state index in [0.29, 0.717) is 0 Å². The van der Waals surface area contributed by atoms with Gasteiger partial charge < -0.3 is 20.1 Å². The molecule has 0 bridgehead atoms. The fourth-order valence-corrected chi connectivity index (χ4v) is 4.29. The minimum Gasteiger partial charge on any atom is -0.480 e. The SMILES string of the molecule is CC(C)C[C@@H](NC(=O)OCC1c2ccccc2-c2ccccc21)C(=O)N(CC(=O)O)CC(F)(F)F. The normalized spacial score (nSPS) is 13.7. The molecule has 0 heterocycles. The predicted octanol–water partition coefficient (Wildman–Crippen LogP) is 4.42. The van der Waals surface area contributed by atoms with E-state index in [9.17, 15) is 27.6 Å². The van der Waals surface area contributed by atoms with Crippen LogP contribution in [0.3, 0.4) is 0 Å². The molecule has 0 fully saturated rings. The molecule has 0 aromatic heterocycles. The van der Waals surface area contributed by atoms with E-state index in [4.69, 9.17) is 9.84 Å². The number of carboxylic acid groups (broad SMARTS) is 1. The lowest BCUT2D eigenvalue weighted by atomic mass is 9.98. The number of halogens is 3. The highest BCUT2D eigenvalue weighted by atomic mass is 19.4. The maximum Gasteiger partial charge on any atom is 0.407 e. The van der Waals surface area contributed by atoms with Crippen LogP contribution in [0.1, 0.15) is 37.3 Å². The Hall–Kier alpha value is -3.56. The van der Waals surface area contributed by atoms with E-state index in [-0.39, 0.29) is 29.8 Å². The smallest absolute Gasteiger partial charge is 0.407 e. The third-order valence-electron chi connectivity index (χ3n) is 5.65. The fraction of sp³-hybridized carbons (Fsp3) is 0.400. The van der Waals surface area contributed by atoms with E-state index in [1.165, 1.54) is 0 Å². The van der Waals surface area contributed by atoms with E-state index in [1.54, 1.807) is 13.8 Å². The molecule has 1 aliphatic carbocycles. The average molecular weight is 492 g/mol. The van der Waals surface area contributed by atoms with Gasteiger partial charge in [-0.1, -0.05) is 62.4 Å². The van der Waals surface area contributed by atoms with Crippen molar-refractivity contribution in [2.75, 3.05) is 19.7 Å². The molecule has 1 atom stereocenters. The van der Waals surface area contributed by atoms with Crippen molar-refractivity contribution < 1.29 is 37.4 Å². The van der Waals surface area contributed by atoms with Crippen molar-refractivity contribution in [1.29, 1.82) is 0 Å². The van der Waals surface area contributed by atoms with Crippen molar-refractivity contribution in [1.82, 2.24) is 10.2 Å². The van der Waals surface area contributed by atoms with E-state index < -0.39 is 43.3 Å². The van der Waals surface area contributed by atoms with Gasteiger partial charge in [0.25, 0.3) is 0 Å². The zero-order valence-corrected chi connectivity index (χ0v) is 19.3. The van der Waals surface area contributed by atoms with Crippen LogP contribution in [0.2, 0.25) is 0 Å². The number of nitrogens with zero attached hydrogens (tertiary/aromatic N) is 1. The lowest BCUT2D eigenvalue weighted by Gasteiger charge is -2.28. The largest absolute Gasteiger partial charge is 0.480 e. The highest BCUT2D eigenvalue weighted by molar-refractivity contribution is 5.88. The molecule has 0 saturated heterocycles. The Morgan fingerprint density at radius 1 is 1.03 bits per heavy atom. The summed E-state index contributed by atoms with van der Waals surface area (Å²) >= 11 is 0. The van der Waals surface area contributed by atoms with Gasteiger partial charge in [0.2, 0.25) is 5.91 Å². The molecule has 188 valence electrons. The second-order valence-electron chi connectivity index (χ2n) is 8.86. The van der Waals surface area contributed by atoms with Crippen LogP contribution >= 0.6 is 0 Å². The zero-order valence-electron chi connectivity index (χ0n) is 19.3. The Morgan fingerprint density at radius 2 is 1.57 bits per heavy atom. The van der Waals surface area contributed by atoms with Crippen LogP contribution in [0.25, 0.3) is 11.1 Å². The first-order valence-corrected chi connectivity index (χ1v) is 11.1.